The number of anilines is 1. The molecule has 0 aliphatic carbocycles. The number of rotatable bonds is 8. The fourth-order valence-electron chi connectivity index (χ4n) is 2.73. The van der Waals surface area contributed by atoms with E-state index in [1.165, 1.54) is 26.4 Å². The molecule has 1 N–H and O–H groups in total. The molecular formula is C24H21NO6. The van der Waals surface area contributed by atoms with E-state index >= 15 is 0 Å². The second-order valence-electron chi connectivity index (χ2n) is 6.49. The van der Waals surface area contributed by atoms with Crippen LogP contribution in [0.3, 0.4) is 0 Å². The van der Waals surface area contributed by atoms with Gasteiger partial charge in [-0.05, 0) is 66.7 Å². The van der Waals surface area contributed by atoms with E-state index in [0.717, 1.165) is 0 Å². The Kier molecular flexibility index (Phi) is 7.01. The maximum absolute atomic E-state index is 12.3. The van der Waals surface area contributed by atoms with Crippen molar-refractivity contribution in [2.75, 3.05) is 26.1 Å². The number of carbonyl (C=O) groups is 3. The van der Waals surface area contributed by atoms with Gasteiger partial charge in [0.1, 0.15) is 11.5 Å². The number of methoxy groups -OCH3 is 2. The van der Waals surface area contributed by atoms with E-state index < -0.39 is 5.97 Å². The number of hydrogen-bond acceptors (Lipinski definition) is 6. The summed E-state index contributed by atoms with van der Waals surface area (Å²) in [5, 5.41) is 2.75. The van der Waals surface area contributed by atoms with Crippen molar-refractivity contribution in [3.05, 3.63) is 89.5 Å². The van der Waals surface area contributed by atoms with Gasteiger partial charge in [-0.2, -0.15) is 0 Å². The van der Waals surface area contributed by atoms with Crippen LogP contribution in [0.2, 0.25) is 0 Å². The van der Waals surface area contributed by atoms with E-state index in [2.05, 4.69) is 5.32 Å². The van der Waals surface area contributed by atoms with E-state index in [1.54, 1.807) is 60.7 Å². The molecule has 0 spiro atoms. The molecule has 0 unspecified atom stereocenters. The lowest BCUT2D eigenvalue weighted by Gasteiger charge is -2.08. The van der Waals surface area contributed by atoms with Crippen molar-refractivity contribution < 1.29 is 28.6 Å². The standard InChI is InChI=1S/C24H21NO6/c1-29-20-12-8-16(9-13-20)22(26)15-31-24(28)17-6-10-19(11-7-17)25-23(27)18-4-3-5-21(14-18)30-2/h3-14H,15H2,1-2H3,(H,25,27). The minimum absolute atomic E-state index is 0.266. The lowest BCUT2D eigenvalue weighted by atomic mass is 10.1. The molecule has 0 aliphatic rings. The van der Waals surface area contributed by atoms with Crippen LogP contribution in [-0.4, -0.2) is 38.5 Å². The summed E-state index contributed by atoms with van der Waals surface area (Å²) in [7, 11) is 3.06. The van der Waals surface area contributed by atoms with Gasteiger partial charge in [0.15, 0.2) is 12.4 Å². The lowest BCUT2D eigenvalue weighted by Crippen LogP contribution is -2.15. The molecule has 3 aromatic carbocycles. The topological polar surface area (TPSA) is 90.9 Å². The third-order valence-electron chi connectivity index (χ3n) is 4.46. The predicted molar refractivity (Wildman–Crippen MR) is 115 cm³/mol. The summed E-state index contributed by atoms with van der Waals surface area (Å²) in [5.74, 6) is -0.0490. The van der Waals surface area contributed by atoms with Crippen molar-refractivity contribution in [2.24, 2.45) is 0 Å². The minimum atomic E-state index is -0.632. The maximum Gasteiger partial charge on any atom is 0.338 e. The molecule has 0 heterocycles. The Morgan fingerprint density at radius 1 is 0.742 bits per heavy atom. The Morgan fingerprint density at radius 3 is 2.03 bits per heavy atom. The van der Waals surface area contributed by atoms with Crippen LogP contribution in [0.15, 0.2) is 72.8 Å². The van der Waals surface area contributed by atoms with Crippen molar-refractivity contribution >= 4 is 23.3 Å². The van der Waals surface area contributed by atoms with Gasteiger partial charge in [0, 0.05) is 16.8 Å². The van der Waals surface area contributed by atoms with E-state index in [-0.39, 0.29) is 23.9 Å². The molecule has 0 saturated heterocycles. The van der Waals surface area contributed by atoms with Crippen molar-refractivity contribution in [1.82, 2.24) is 0 Å². The van der Waals surface area contributed by atoms with Gasteiger partial charge in [-0.15, -0.1) is 0 Å². The van der Waals surface area contributed by atoms with Gasteiger partial charge in [-0.1, -0.05) is 6.07 Å². The van der Waals surface area contributed by atoms with Crippen molar-refractivity contribution in [3.8, 4) is 11.5 Å². The summed E-state index contributed by atoms with van der Waals surface area (Å²) in [6.45, 7) is -0.376. The average molecular weight is 419 g/mol. The van der Waals surface area contributed by atoms with Crippen LogP contribution in [0.5, 0.6) is 11.5 Å². The van der Waals surface area contributed by atoms with Crippen LogP contribution in [0.25, 0.3) is 0 Å². The van der Waals surface area contributed by atoms with Crippen LogP contribution in [0.1, 0.15) is 31.1 Å². The second-order valence-corrected chi connectivity index (χ2v) is 6.49. The molecule has 158 valence electrons. The first-order valence-electron chi connectivity index (χ1n) is 9.40. The van der Waals surface area contributed by atoms with Gasteiger partial charge in [-0.25, -0.2) is 4.79 Å². The van der Waals surface area contributed by atoms with Crippen LogP contribution >= 0.6 is 0 Å². The highest BCUT2D eigenvalue weighted by atomic mass is 16.5. The monoisotopic (exact) mass is 419 g/mol. The van der Waals surface area contributed by atoms with Gasteiger partial charge >= 0.3 is 5.97 Å². The number of benzene rings is 3. The number of nitrogens with one attached hydrogen (secondary N) is 1. The number of hydrogen-bond donors (Lipinski definition) is 1. The minimum Gasteiger partial charge on any atom is -0.497 e. The van der Waals surface area contributed by atoms with Gasteiger partial charge in [0.05, 0.1) is 19.8 Å². The Balaban J connectivity index is 1.55. The molecule has 0 radical (unpaired) electrons. The first-order chi connectivity index (χ1) is 15.0. The third kappa shape index (κ3) is 5.70. The largest absolute Gasteiger partial charge is 0.497 e. The molecule has 7 nitrogen and oxygen atoms in total. The normalized spacial score (nSPS) is 10.1. The highest BCUT2D eigenvalue weighted by molar-refractivity contribution is 6.04. The number of ether oxygens (including phenoxy) is 3. The summed E-state index contributed by atoms with van der Waals surface area (Å²) >= 11 is 0. The fourth-order valence-corrected chi connectivity index (χ4v) is 2.73. The molecule has 0 saturated carbocycles. The summed E-state index contributed by atoms with van der Waals surface area (Å²) in [5.41, 5.74) is 1.64. The summed E-state index contributed by atoms with van der Waals surface area (Å²) in [4.78, 5) is 36.7. The Hall–Kier alpha value is -4.13. The smallest absolute Gasteiger partial charge is 0.338 e. The number of Topliss-reactive ketones (excluding diaryl/α,β-unsaturated/α-hetero) is 1. The average Bonchev–Trinajstić information content (AvgIpc) is 2.82. The molecule has 3 rings (SSSR count). The second kappa shape index (κ2) is 10.1. The summed E-state index contributed by atoms with van der Waals surface area (Å²) in [6.07, 6.45) is 0. The van der Waals surface area contributed by atoms with E-state index in [9.17, 15) is 14.4 Å². The molecule has 0 aromatic heterocycles. The highest BCUT2D eigenvalue weighted by Gasteiger charge is 2.13. The molecule has 31 heavy (non-hydrogen) atoms. The summed E-state index contributed by atoms with van der Waals surface area (Å²) in [6, 6.07) is 19.5. The van der Waals surface area contributed by atoms with Crippen LogP contribution in [-0.2, 0) is 4.74 Å². The molecule has 3 aromatic rings. The predicted octanol–water partition coefficient (Wildman–Crippen LogP) is 4.00. The first-order valence-corrected chi connectivity index (χ1v) is 9.40. The highest BCUT2D eigenvalue weighted by Crippen LogP contribution is 2.16. The van der Waals surface area contributed by atoms with Gasteiger partial charge in [0.2, 0.25) is 0 Å². The zero-order valence-corrected chi connectivity index (χ0v) is 17.1. The number of carbonyl (C=O) groups excluding carboxylic acids is 3. The molecule has 0 aliphatic heterocycles. The Morgan fingerprint density at radius 2 is 1.39 bits per heavy atom. The number of ketones is 1. The van der Waals surface area contributed by atoms with Crippen molar-refractivity contribution in [1.29, 1.82) is 0 Å². The first kappa shape index (κ1) is 21.6. The zero-order valence-electron chi connectivity index (χ0n) is 17.1. The van der Waals surface area contributed by atoms with Crippen LogP contribution in [0, 0.1) is 0 Å². The molecule has 1 amide bonds. The van der Waals surface area contributed by atoms with Crippen molar-refractivity contribution in [2.45, 2.75) is 0 Å². The number of esters is 1. The molecule has 7 heteroatoms. The van der Waals surface area contributed by atoms with Crippen LogP contribution in [0.4, 0.5) is 5.69 Å². The van der Waals surface area contributed by atoms with Gasteiger partial charge in [-0.3, -0.25) is 9.59 Å². The lowest BCUT2D eigenvalue weighted by molar-refractivity contribution is 0.0474. The quantitative estimate of drug-likeness (QED) is 0.438. The Labute approximate surface area is 179 Å². The van der Waals surface area contributed by atoms with Crippen molar-refractivity contribution in [3.63, 3.8) is 0 Å². The van der Waals surface area contributed by atoms with Gasteiger partial charge in [0.25, 0.3) is 5.91 Å². The molecule has 0 atom stereocenters. The van der Waals surface area contributed by atoms with Gasteiger partial charge < -0.3 is 19.5 Å². The maximum atomic E-state index is 12.3. The molecular weight excluding hydrogens is 398 g/mol. The SMILES string of the molecule is COc1ccc(C(=O)COC(=O)c2ccc(NC(=O)c3cccc(OC)c3)cc2)cc1. The molecule has 0 fully saturated rings. The fraction of sp³-hybridized carbons (Fsp3) is 0.125. The zero-order chi connectivity index (χ0) is 22.2. The van der Waals surface area contributed by atoms with Crippen LogP contribution < -0.4 is 14.8 Å². The van der Waals surface area contributed by atoms with E-state index in [0.29, 0.717) is 28.3 Å². The summed E-state index contributed by atoms with van der Waals surface area (Å²) < 4.78 is 15.3. The number of amides is 1. The third-order valence-corrected chi connectivity index (χ3v) is 4.46. The molecule has 0 bridgehead atoms. The van der Waals surface area contributed by atoms with E-state index in [4.69, 9.17) is 14.2 Å². The van der Waals surface area contributed by atoms with E-state index in [1.807, 2.05) is 0 Å². The Bertz CT molecular complexity index is 1070.